The molecule has 2 heterocycles. The van der Waals surface area contributed by atoms with Gasteiger partial charge in [0.1, 0.15) is 5.84 Å². The van der Waals surface area contributed by atoms with Crippen molar-refractivity contribution in [2.75, 3.05) is 23.7 Å². The number of aliphatic imine (C=N–C) groups is 1. The fourth-order valence-electron chi connectivity index (χ4n) is 3.52. The van der Waals surface area contributed by atoms with Gasteiger partial charge in [-0.1, -0.05) is 55.2 Å². The molecule has 27 heavy (non-hydrogen) atoms. The summed E-state index contributed by atoms with van der Waals surface area (Å²) in [6.45, 7) is 6.50. The van der Waals surface area contributed by atoms with E-state index in [0.29, 0.717) is 11.6 Å². The normalized spacial score (nSPS) is 18.7. The molecule has 0 bridgehead atoms. The second-order valence-corrected chi connectivity index (χ2v) is 7.38. The van der Waals surface area contributed by atoms with Crippen molar-refractivity contribution in [1.29, 1.82) is 0 Å². The molecule has 4 rings (SSSR count). The zero-order valence-electron chi connectivity index (χ0n) is 15.8. The molecule has 1 spiro atoms. The third-order valence-corrected chi connectivity index (χ3v) is 5.40. The van der Waals surface area contributed by atoms with Crippen molar-refractivity contribution < 1.29 is 0 Å². The summed E-state index contributed by atoms with van der Waals surface area (Å²) in [5.41, 5.74) is 2.85. The van der Waals surface area contributed by atoms with Crippen LogP contribution in [-0.2, 0) is 6.54 Å². The summed E-state index contributed by atoms with van der Waals surface area (Å²) in [5.74, 6) is 0.953. The number of halogens is 2. The lowest BCUT2D eigenvalue weighted by Crippen LogP contribution is -2.57. The summed E-state index contributed by atoms with van der Waals surface area (Å²) in [6.07, 6.45) is 1.95. The van der Waals surface area contributed by atoms with Crippen LogP contribution in [0.3, 0.4) is 0 Å². The Morgan fingerprint density at radius 3 is 2.52 bits per heavy atom. The Morgan fingerprint density at radius 1 is 1.04 bits per heavy atom. The van der Waals surface area contributed by atoms with Crippen molar-refractivity contribution in [3.05, 3.63) is 58.1 Å². The molecule has 2 aromatic carbocycles. The van der Waals surface area contributed by atoms with Gasteiger partial charge in [0.05, 0.1) is 28.5 Å². The molecule has 0 aromatic heterocycles. The van der Waals surface area contributed by atoms with Gasteiger partial charge in [0.2, 0.25) is 0 Å². The molecule has 0 atom stereocenters. The molecule has 6 heteroatoms. The average molecular weight is 405 g/mol. The van der Waals surface area contributed by atoms with Gasteiger partial charge in [-0.25, -0.2) is 0 Å². The lowest BCUT2D eigenvalue weighted by atomic mass is 9.84. The van der Waals surface area contributed by atoms with Gasteiger partial charge in [0.15, 0.2) is 0 Å². The fourth-order valence-corrected chi connectivity index (χ4v) is 3.96. The minimum atomic E-state index is -0.179. The lowest BCUT2D eigenvalue weighted by molar-refractivity contribution is 0.419. The molecule has 1 fully saturated rings. The van der Waals surface area contributed by atoms with Crippen LogP contribution in [0, 0.1) is 0 Å². The van der Waals surface area contributed by atoms with E-state index in [4.69, 9.17) is 28.2 Å². The number of benzene rings is 2. The second kappa shape index (κ2) is 8.96. The molecule has 2 aliphatic rings. The minimum absolute atomic E-state index is 0.179. The molecule has 0 unspecified atom stereocenters. The Labute approximate surface area is 171 Å². The Morgan fingerprint density at radius 2 is 1.78 bits per heavy atom. The number of fused-ring (bicyclic) bond motifs is 1. The molecule has 0 amide bonds. The van der Waals surface area contributed by atoms with Gasteiger partial charge in [-0.05, 0) is 55.8 Å². The number of anilines is 2. The van der Waals surface area contributed by atoms with Crippen molar-refractivity contribution in [3.8, 4) is 0 Å². The van der Waals surface area contributed by atoms with Crippen LogP contribution in [0.4, 0.5) is 11.4 Å². The van der Waals surface area contributed by atoms with Gasteiger partial charge in [-0.15, -0.1) is 0 Å². The predicted molar refractivity (Wildman–Crippen MR) is 117 cm³/mol. The zero-order valence-corrected chi connectivity index (χ0v) is 17.3. The molecule has 4 nitrogen and oxygen atoms in total. The largest absolute Gasteiger partial charge is 0.371 e. The summed E-state index contributed by atoms with van der Waals surface area (Å²) >= 11 is 12.5. The smallest absolute Gasteiger partial charge is 0.127 e. The first-order chi connectivity index (χ1) is 13.2. The van der Waals surface area contributed by atoms with Crippen LogP contribution in [0.1, 0.15) is 32.3 Å². The van der Waals surface area contributed by atoms with Crippen LogP contribution in [0.5, 0.6) is 0 Å². The van der Waals surface area contributed by atoms with Gasteiger partial charge < -0.3 is 16.0 Å². The highest BCUT2D eigenvalue weighted by Gasteiger charge is 2.41. The van der Waals surface area contributed by atoms with Crippen LogP contribution in [0.2, 0.25) is 10.0 Å². The maximum Gasteiger partial charge on any atom is 0.127 e. The first-order valence-electron chi connectivity index (χ1n) is 9.50. The van der Waals surface area contributed by atoms with Crippen LogP contribution in [-0.4, -0.2) is 24.5 Å². The Balaban J connectivity index is 0.00000102. The van der Waals surface area contributed by atoms with Crippen LogP contribution in [0.25, 0.3) is 0 Å². The summed E-state index contributed by atoms with van der Waals surface area (Å²) in [4.78, 5) is 4.91. The van der Waals surface area contributed by atoms with Gasteiger partial charge in [-0.3, -0.25) is 4.99 Å². The van der Waals surface area contributed by atoms with E-state index in [2.05, 4.69) is 22.0 Å². The van der Waals surface area contributed by atoms with Crippen LogP contribution < -0.4 is 16.0 Å². The third kappa shape index (κ3) is 4.40. The Kier molecular flexibility index (Phi) is 6.64. The lowest BCUT2D eigenvalue weighted by Gasteiger charge is -2.44. The van der Waals surface area contributed by atoms with Gasteiger partial charge in [-0.2, -0.15) is 0 Å². The summed E-state index contributed by atoms with van der Waals surface area (Å²) in [7, 11) is 0. The van der Waals surface area contributed by atoms with E-state index in [1.54, 1.807) is 0 Å². The number of hydrogen-bond acceptors (Lipinski definition) is 3. The van der Waals surface area contributed by atoms with E-state index < -0.39 is 0 Å². The Bertz CT molecular complexity index is 814. The van der Waals surface area contributed by atoms with Crippen molar-refractivity contribution in [2.45, 2.75) is 38.8 Å². The number of nitrogens with one attached hydrogen (secondary N) is 3. The molecular weight excluding hydrogens is 379 g/mol. The van der Waals surface area contributed by atoms with E-state index in [-0.39, 0.29) is 5.54 Å². The first-order valence-corrected chi connectivity index (χ1v) is 10.3. The zero-order chi connectivity index (χ0) is 19.3. The standard InChI is InChI=1S/C19H20Cl2N4.C2H6/c20-14-4-1-3-13(11-14)12-23-18-19(7-9-22-10-8-19)25-16-6-2-5-15(21)17(16)24-18;1-2/h1-6,11,22,25H,7-10,12H2,(H,23,24);1-2H3. The van der Waals surface area contributed by atoms with Gasteiger partial charge in [0.25, 0.3) is 0 Å². The number of nitrogens with zero attached hydrogens (tertiary/aromatic N) is 1. The molecule has 2 aliphatic heterocycles. The number of piperidine rings is 1. The van der Waals surface area contributed by atoms with Crippen molar-refractivity contribution in [2.24, 2.45) is 4.99 Å². The highest BCUT2D eigenvalue weighted by molar-refractivity contribution is 6.35. The average Bonchev–Trinajstić information content (AvgIpc) is 2.69. The maximum atomic E-state index is 6.39. The SMILES string of the molecule is CC.Clc1cccc(CN=C2Nc3c(Cl)cccc3NC23CCNCC3)c1. The highest BCUT2D eigenvalue weighted by atomic mass is 35.5. The molecule has 144 valence electrons. The highest BCUT2D eigenvalue weighted by Crippen LogP contribution is 2.39. The third-order valence-electron chi connectivity index (χ3n) is 4.85. The maximum absolute atomic E-state index is 6.39. The number of rotatable bonds is 2. The molecular formula is C21H26Cl2N4. The molecule has 1 saturated heterocycles. The molecule has 0 saturated carbocycles. The monoisotopic (exact) mass is 404 g/mol. The van der Waals surface area contributed by atoms with Crippen molar-refractivity contribution >= 4 is 40.4 Å². The second-order valence-electron chi connectivity index (χ2n) is 6.54. The van der Waals surface area contributed by atoms with E-state index in [0.717, 1.165) is 53.7 Å². The number of hydrogen-bond donors (Lipinski definition) is 3. The summed E-state index contributed by atoms with van der Waals surface area (Å²) in [6, 6.07) is 13.8. The summed E-state index contributed by atoms with van der Waals surface area (Å²) in [5, 5.41) is 12.1. The molecule has 3 N–H and O–H groups in total. The van der Waals surface area contributed by atoms with E-state index in [9.17, 15) is 0 Å². The number of amidine groups is 1. The minimum Gasteiger partial charge on any atom is -0.371 e. The van der Waals surface area contributed by atoms with Crippen molar-refractivity contribution in [1.82, 2.24) is 5.32 Å². The quantitative estimate of drug-likeness (QED) is 0.612. The molecule has 2 aromatic rings. The van der Waals surface area contributed by atoms with E-state index in [1.165, 1.54) is 0 Å². The predicted octanol–water partition coefficient (Wildman–Crippen LogP) is 5.58. The van der Waals surface area contributed by atoms with Gasteiger partial charge >= 0.3 is 0 Å². The van der Waals surface area contributed by atoms with Crippen LogP contribution in [0.15, 0.2) is 47.5 Å². The van der Waals surface area contributed by atoms with Crippen LogP contribution >= 0.6 is 23.2 Å². The van der Waals surface area contributed by atoms with Gasteiger partial charge in [0, 0.05) is 5.02 Å². The first kappa shape index (κ1) is 20.0. The van der Waals surface area contributed by atoms with E-state index in [1.807, 2.05) is 50.2 Å². The van der Waals surface area contributed by atoms with E-state index >= 15 is 0 Å². The summed E-state index contributed by atoms with van der Waals surface area (Å²) < 4.78 is 0. The van der Waals surface area contributed by atoms with Crippen molar-refractivity contribution in [3.63, 3.8) is 0 Å². The topological polar surface area (TPSA) is 48.5 Å². The fraction of sp³-hybridized carbons (Fsp3) is 0.381. The number of para-hydroxylation sites is 1. The molecule has 0 aliphatic carbocycles. The Hall–Kier alpha value is -1.75. The molecule has 0 radical (unpaired) electrons.